The number of carbonyl (C=O) groups is 1. The van der Waals surface area contributed by atoms with E-state index in [-0.39, 0.29) is 5.91 Å². The number of hydrogen-bond acceptors (Lipinski definition) is 2. The van der Waals surface area contributed by atoms with Crippen molar-refractivity contribution in [2.75, 3.05) is 0 Å². The number of hydrazine groups is 1. The van der Waals surface area contributed by atoms with Crippen molar-refractivity contribution in [2.24, 2.45) is 5.84 Å². The summed E-state index contributed by atoms with van der Waals surface area (Å²) in [5.74, 6) is 4.90. The number of carbonyl (C=O) groups excluding carboxylic acids is 1. The number of amides is 1. The lowest BCUT2D eigenvalue weighted by molar-refractivity contribution is 0.0952. The second-order valence-corrected chi connectivity index (χ2v) is 3.36. The minimum atomic E-state index is -0.218. The van der Waals surface area contributed by atoms with Gasteiger partial charge in [-0.2, -0.15) is 0 Å². The van der Waals surface area contributed by atoms with Crippen LogP contribution < -0.4 is 11.3 Å². The third kappa shape index (κ3) is 1.77. The molecule has 1 aromatic carbocycles. The van der Waals surface area contributed by atoms with Crippen LogP contribution >= 0.6 is 0 Å². The van der Waals surface area contributed by atoms with Gasteiger partial charge in [-0.25, -0.2) is 5.84 Å². The Hall–Kier alpha value is -1.35. The van der Waals surface area contributed by atoms with Crippen LogP contribution in [0.1, 0.15) is 34.0 Å². The van der Waals surface area contributed by atoms with Crippen molar-refractivity contribution >= 4 is 5.91 Å². The predicted molar refractivity (Wildman–Crippen MR) is 56.9 cm³/mol. The van der Waals surface area contributed by atoms with Gasteiger partial charge >= 0.3 is 0 Å². The zero-order valence-corrected chi connectivity index (χ0v) is 8.85. The third-order valence-corrected chi connectivity index (χ3v) is 2.60. The molecule has 0 bridgehead atoms. The van der Waals surface area contributed by atoms with Gasteiger partial charge in [0.1, 0.15) is 0 Å². The average molecular weight is 192 g/mol. The van der Waals surface area contributed by atoms with Crippen LogP contribution in [0.15, 0.2) is 12.1 Å². The molecule has 0 radical (unpaired) electrons. The number of nitrogens with two attached hydrogens (primary N) is 1. The number of nitrogen functional groups attached to an aromatic ring is 1. The summed E-state index contributed by atoms with van der Waals surface area (Å²) in [7, 11) is 0. The summed E-state index contributed by atoms with van der Waals surface area (Å²) >= 11 is 0. The third-order valence-electron chi connectivity index (χ3n) is 2.60. The summed E-state index contributed by atoms with van der Waals surface area (Å²) in [6.07, 6.45) is 0.844. The largest absolute Gasteiger partial charge is 0.290 e. The van der Waals surface area contributed by atoms with E-state index in [0.717, 1.165) is 12.0 Å². The molecule has 14 heavy (non-hydrogen) atoms. The normalized spacial score (nSPS) is 10.0. The van der Waals surface area contributed by atoms with Gasteiger partial charge in [0.15, 0.2) is 0 Å². The summed E-state index contributed by atoms with van der Waals surface area (Å²) in [6.45, 7) is 6.11. The van der Waals surface area contributed by atoms with Gasteiger partial charge in [0.2, 0.25) is 0 Å². The predicted octanol–water partition coefficient (Wildman–Crippen LogP) is 1.47. The highest BCUT2D eigenvalue weighted by Crippen LogP contribution is 2.18. The van der Waals surface area contributed by atoms with Gasteiger partial charge in [-0.1, -0.05) is 13.0 Å². The molecule has 1 aromatic rings. The van der Waals surface area contributed by atoms with E-state index < -0.39 is 0 Å². The molecule has 0 spiro atoms. The van der Waals surface area contributed by atoms with E-state index >= 15 is 0 Å². The van der Waals surface area contributed by atoms with Crippen LogP contribution in [0.5, 0.6) is 0 Å². The molecule has 1 amide bonds. The highest BCUT2D eigenvalue weighted by atomic mass is 16.2. The van der Waals surface area contributed by atoms with Crippen molar-refractivity contribution in [2.45, 2.75) is 27.2 Å². The Morgan fingerprint density at radius 3 is 2.57 bits per heavy atom. The Labute approximate surface area is 84.3 Å². The SMILES string of the molecule is CCc1c(C(=O)NN)ccc(C)c1C. The average Bonchev–Trinajstić information content (AvgIpc) is 2.20. The highest BCUT2D eigenvalue weighted by molar-refractivity contribution is 5.95. The summed E-state index contributed by atoms with van der Waals surface area (Å²) < 4.78 is 0. The Bertz CT molecular complexity index is 359. The summed E-state index contributed by atoms with van der Waals surface area (Å²) in [5, 5.41) is 0. The van der Waals surface area contributed by atoms with E-state index in [1.165, 1.54) is 11.1 Å². The van der Waals surface area contributed by atoms with Gasteiger partial charge in [0.25, 0.3) is 5.91 Å². The fourth-order valence-electron chi connectivity index (χ4n) is 1.62. The summed E-state index contributed by atoms with van der Waals surface area (Å²) in [5.41, 5.74) is 6.30. The maximum atomic E-state index is 11.4. The van der Waals surface area contributed by atoms with Crippen molar-refractivity contribution in [1.29, 1.82) is 0 Å². The second kappa shape index (κ2) is 4.24. The summed E-state index contributed by atoms with van der Waals surface area (Å²) in [6, 6.07) is 3.77. The van der Waals surface area contributed by atoms with Crippen LogP contribution in [0.2, 0.25) is 0 Å². The molecule has 0 aliphatic heterocycles. The van der Waals surface area contributed by atoms with Gasteiger partial charge in [-0.05, 0) is 43.0 Å². The van der Waals surface area contributed by atoms with Crippen LogP contribution in [0.4, 0.5) is 0 Å². The monoisotopic (exact) mass is 192 g/mol. The molecular weight excluding hydrogens is 176 g/mol. The Kier molecular flexibility index (Phi) is 3.25. The van der Waals surface area contributed by atoms with Crippen LogP contribution in [0.25, 0.3) is 0 Å². The topological polar surface area (TPSA) is 55.1 Å². The first-order valence-corrected chi connectivity index (χ1v) is 4.71. The van der Waals surface area contributed by atoms with Gasteiger partial charge in [-0.3, -0.25) is 10.2 Å². The molecule has 3 heteroatoms. The van der Waals surface area contributed by atoms with Crippen molar-refractivity contribution in [3.8, 4) is 0 Å². The van der Waals surface area contributed by atoms with Crippen LogP contribution in [-0.4, -0.2) is 5.91 Å². The van der Waals surface area contributed by atoms with Gasteiger partial charge in [0, 0.05) is 5.56 Å². The van der Waals surface area contributed by atoms with Crippen molar-refractivity contribution < 1.29 is 4.79 Å². The van der Waals surface area contributed by atoms with Gasteiger partial charge in [0.05, 0.1) is 0 Å². The molecule has 0 saturated heterocycles. The fraction of sp³-hybridized carbons (Fsp3) is 0.364. The van der Waals surface area contributed by atoms with Crippen LogP contribution in [-0.2, 0) is 6.42 Å². The van der Waals surface area contributed by atoms with E-state index in [1.54, 1.807) is 0 Å². The molecule has 0 aromatic heterocycles. The molecule has 1 rings (SSSR count). The quantitative estimate of drug-likeness (QED) is 0.423. The van der Waals surface area contributed by atoms with E-state index in [0.29, 0.717) is 5.56 Å². The van der Waals surface area contributed by atoms with Gasteiger partial charge < -0.3 is 0 Å². The highest BCUT2D eigenvalue weighted by Gasteiger charge is 2.11. The van der Waals surface area contributed by atoms with Gasteiger partial charge in [-0.15, -0.1) is 0 Å². The van der Waals surface area contributed by atoms with E-state index in [2.05, 4.69) is 5.43 Å². The van der Waals surface area contributed by atoms with E-state index in [4.69, 9.17) is 5.84 Å². The first-order valence-electron chi connectivity index (χ1n) is 4.71. The number of aryl methyl sites for hydroxylation is 1. The van der Waals surface area contributed by atoms with Crippen LogP contribution in [0, 0.1) is 13.8 Å². The Morgan fingerprint density at radius 1 is 1.43 bits per heavy atom. The molecular formula is C11H16N2O. The molecule has 0 aliphatic carbocycles. The Balaban J connectivity index is 3.31. The first kappa shape index (κ1) is 10.7. The van der Waals surface area contributed by atoms with Crippen molar-refractivity contribution in [1.82, 2.24) is 5.43 Å². The molecule has 3 N–H and O–H groups in total. The maximum absolute atomic E-state index is 11.4. The van der Waals surface area contributed by atoms with Crippen molar-refractivity contribution in [3.63, 3.8) is 0 Å². The molecule has 3 nitrogen and oxygen atoms in total. The second-order valence-electron chi connectivity index (χ2n) is 3.36. The first-order chi connectivity index (χ1) is 6.61. The molecule has 0 heterocycles. The number of rotatable bonds is 2. The standard InChI is InChI=1S/C11H16N2O/c1-4-9-8(3)7(2)5-6-10(9)11(14)13-12/h5-6H,4,12H2,1-3H3,(H,13,14). The number of nitrogens with one attached hydrogen (secondary N) is 1. The lowest BCUT2D eigenvalue weighted by atomic mass is 9.95. The minimum Gasteiger partial charge on any atom is -0.290 e. The molecule has 76 valence electrons. The molecule has 0 fully saturated rings. The lowest BCUT2D eigenvalue weighted by Crippen LogP contribution is -2.31. The van der Waals surface area contributed by atoms with Crippen molar-refractivity contribution in [3.05, 3.63) is 34.4 Å². The number of benzene rings is 1. The van der Waals surface area contributed by atoms with E-state index in [9.17, 15) is 4.79 Å². The maximum Gasteiger partial charge on any atom is 0.265 e. The number of hydrogen-bond donors (Lipinski definition) is 2. The summed E-state index contributed by atoms with van der Waals surface area (Å²) in [4.78, 5) is 11.4. The molecule has 0 aliphatic rings. The van der Waals surface area contributed by atoms with Crippen LogP contribution in [0.3, 0.4) is 0 Å². The fourth-order valence-corrected chi connectivity index (χ4v) is 1.62. The molecule has 0 unspecified atom stereocenters. The molecule has 0 atom stereocenters. The zero-order valence-electron chi connectivity index (χ0n) is 8.85. The molecule has 0 saturated carbocycles. The Morgan fingerprint density at radius 2 is 2.07 bits per heavy atom. The zero-order chi connectivity index (χ0) is 10.7. The lowest BCUT2D eigenvalue weighted by Gasteiger charge is -2.11. The van der Waals surface area contributed by atoms with E-state index in [1.807, 2.05) is 32.9 Å². The minimum absolute atomic E-state index is 0.218. The smallest absolute Gasteiger partial charge is 0.265 e.